The molecule has 0 saturated carbocycles. The molecule has 0 bridgehead atoms. The summed E-state index contributed by atoms with van der Waals surface area (Å²) in [6, 6.07) is 0. The Hall–Kier alpha value is -1.14. The van der Waals surface area contributed by atoms with Gasteiger partial charge in [0.25, 0.3) is 0 Å². The van der Waals surface area contributed by atoms with Gasteiger partial charge in [0.15, 0.2) is 0 Å². The molecule has 6 nitrogen and oxygen atoms in total. The summed E-state index contributed by atoms with van der Waals surface area (Å²) in [6.07, 6.45) is 20.7. The van der Waals surface area contributed by atoms with Gasteiger partial charge >= 0.3 is 5.97 Å². The number of carbonyl (C=O) groups excluding carboxylic acids is 2. The van der Waals surface area contributed by atoms with Gasteiger partial charge in [-0.25, -0.2) is 4.79 Å². The summed E-state index contributed by atoms with van der Waals surface area (Å²) in [6.45, 7) is 5.95. The Morgan fingerprint density at radius 3 is 1.38 bits per heavy atom. The fraction of sp³-hybridized carbons (Fsp3) is 0.923. The van der Waals surface area contributed by atoms with Gasteiger partial charge in [-0.15, -0.1) is 0 Å². The molecule has 0 aliphatic carbocycles. The lowest BCUT2D eigenvalue weighted by Crippen LogP contribution is -2.19. The van der Waals surface area contributed by atoms with Crippen molar-refractivity contribution in [1.82, 2.24) is 5.32 Å². The summed E-state index contributed by atoms with van der Waals surface area (Å²) >= 11 is 0. The number of ether oxygens (including phenoxy) is 1. The first-order valence-electron chi connectivity index (χ1n) is 13.1. The van der Waals surface area contributed by atoms with Gasteiger partial charge in [-0.1, -0.05) is 104 Å². The third-order valence-corrected chi connectivity index (χ3v) is 4.82. The molecule has 0 radical (unpaired) electrons. The Kier molecular flexibility index (Phi) is 35.5. The highest BCUT2D eigenvalue weighted by Gasteiger charge is 2.07. The predicted octanol–water partition coefficient (Wildman–Crippen LogP) is 5.89. The summed E-state index contributed by atoms with van der Waals surface area (Å²) < 4.78 is 4.56. The van der Waals surface area contributed by atoms with Crippen LogP contribution in [0, 0.1) is 0 Å². The van der Waals surface area contributed by atoms with E-state index >= 15 is 0 Å². The van der Waals surface area contributed by atoms with E-state index < -0.39 is 12.1 Å². The summed E-state index contributed by atoms with van der Waals surface area (Å²) in [5.74, 6) is -0.698. The summed E-state index contributed by atoms with van der Waals surface area (Å²) in [7, 11) is 3.75. The molecular formula is C26H56N2O4. The number of primary amides is 1. The minimum atomic E-state index is -0.989. The van der Waals surface area contributed by atoms with Crippen LogP contribution in [0.25, 0.3) is 0 Å². The monoisotopic (exact) mass is 460 g/mol. The Balaban J connectivity index is -0.000000580. The van der Waals surface area contributed by atoms with Gasteiger partial charge in [-0.05, 0) is 33.9 Å². The smallest absolute Gasteiger partial charge is 0.334 e. The van der Waals surface area contributed by atoms with Crippen LogP contribution in [0.5, 0.6) is 0 Å². The van der Waals surface area contributed by atoms with Gasteiger partial charge in [-0.2, -0.15) is 0 Å². The lowest BCUT2D eigenvalue weighted by molar-refractivity contribution is -0.152. The molecule has 32 heavy (non-hydrogen) atoms. The van der Waals surface area contributed by atoms with Crippen LogP contribution >= 0.6 is 0 Å². The first-order valence-corrected chi connectivity index (χ1v) is 13.1. The second kappa shape index (κ2) is 32.0. The molecule has 0 spiro atoms. The number of esters is 1. The number of aliphatic hydroxyl groups excluding tert-OH is 1. The van der Waals surface area contributed by atoms with Crippen molar-refractivity contribution in [3.8, 4) is 0 Å². The van der Waals surface area contributed by atoms with E-state index in [1.54, 1.807) is 0 Å². The molecule has 0 aliphatic rings. The lowest BCUT2D eigenvalue weighted by Gasteiger charge is -2.03. The topological polar surface area (TPSA) is 102 Å². The van der Waals surface area contributed by atoms with Gasteiger partial charge in [-0.3, -0.25) is 4.79 Å². The zero-order valence-corrected chi connectivity index (χ0v) is 22.1. The molecule has 0 aliphatic heterocycles. The van der Waals surface area contributed by atoms with Gasteiger partial charge in [0.2, 0.25) is 5.91 Å². The molecule has 0 aromatic heterocycles. The molecule has 0 rings (SSSR count). The maximum absolute atomic E-state index is 10.6. The first-order chi connectivity index (χ1) is 15.4. The Bertz CT molecular complexity index is 377. The predicted molar refractivity (Wildman–Crippen MR) is 137 cm³/mol. The van der Waals surface area contributed by atoms with Gasteiger partial charge in [0.1, 0.15) is 6.10 Å². The SMILES string of the molecule is CCCCCCCCCCCCCCCCCC(N)=O.CCCOC(=O)C(C)O.CNC. The van der Waals surface area contributed by atoms with Gasteiger partial charge in [0.05, 0.1) is 6.61 Å². The van der Waals surface area contributed by atoms with E-state index in [1.165, 1.54) is 96.8 Å². The second-order valence-corrected chi connectivity index (χ2v) is 8.51. The average molecular weight is 461 g/mol. The Morgan fingerprint density at radius 2 is 1.09 bits per heavy atom. The van der Waals surface area contributed by atoms with Crippen LogP contribution in [-0.2, 0) is 14.3 Å². The van der Waals surface area contributed by atoms with Crippen molar-refractivity contribution in [1.29, 1.82) is 0 Å². The number of aliphatic hydroxyl groups is 1. The van der Waals surface area contributed by atoms with Crippen LogP contribution in [0.2, 0.25) is 0 Å². The molecule has 1 amide bonds. The van der Waals surface area contributed by atoms with Crippen molar-refractivity contribution < 1.29 is 19.4 Å². The zero-order valence-electron chi connectivity index (χ0n) is 22.1. The maximum Gasteiger partial charge on any atom is 0.334 e. The second-order valence-electron chi connectivity index (χ2n) is 8.51. The van der Waals surface area contributed by atoms with Gasteiger partial charge < -0.3 is 20.9 Å². The number of hydrogen-bond acceptors (Lipinski definition) is 5. The molecule has 0 aromatic carbocycles. The van der Waals surface area contributed by atoms with E-state index in [9.17, 15) is 9.59 Å². The number of amides is 1. The van der Waals surface area contributed by atoms with Crippen molar-refractivity contribution in [3.63, 3.8) is 0 Å². The largest absolute Gasteiger partial charge is 0.464 e. The average Bonchev–Trinajstić information content (AvgIpc) is 2.75. The molecule has 0 aromatic rings. The molecule has 1 unspecified atom stereocenters. The van der Waals surface area contributed by atoms with E-state index in [1.807, 2.05) is 21.0 Å². The maximum atomic E-state index is 10.6. The molecule has 0 heterocycles. The summed E-state index contributed by atoms with van der Waals surface area (Å²) in [4.78, 5) is 21.0. The fourth-order valence-corrected chi connectivity index (χ4v) is 2.99. The Morgan fingerprint density at radius 1 is 0.750 bits per heavy atom. The van der Waals surface area contributed by atoms with Gasteiger partial charge in [0, 0.05) is 6.42 Å². The minimum Gasteiger partial charge on any atom is -0.464 e. The fourth-order valence-electron chi connectivity index (χ4n) is 2.99. The third kappa shape index (κ3) is 39.3. The summed E-state index contributed by atoms with van der Waals surface area (Å²) in [5, 5.41) is 11.3. The number of carbonyl (C=O) groups is 2. The number of nitrogens with one attached hydrogen (secondary N) is 1. The van der Waals surface area contributed by atoms with E-state index in [4.69, 9.17) is 10.8 Å². The molecular weight excluding hydrogens is 404 g/mol. The van der Waals surface area contributed by atoms with Crippen LogP contribution in [-0.4, -0.2) is 43.8 Å². The highest BCUT2D eigenvalue weighted by molar-refractivity contribution is 5.73. The van der Waals surface area contributed by atoms with Crippen LogP contribution in [0.15, 0.2) is 0 Å². The van der Waals surface area contributed by atoms with E-state index in [0.29, 0.717) is 13.0 Å². The molecule has 0 fully saturated rings. The van der Waals surface area contributed by atoms with Crippen molar-refractivity contribution in [2.24, 2.45) is 5.73 Å². The summed E-state index contributed by atoms with van der Waals surface area (Å²) in [5.41, 5.74) is 5.11. The van der Waals surface area contributed by atoms with Crippen molar-refractivity contribution in [3.05, 3.63) is 0 Å². The van der Waals surface area contributed by atoms with Crippen LogP contribution < -0.4 is 11.1 Å². The van der Waals surface area contributed by atoms with E-state index in [0.717, 1.165) is 12.8 Å². The number of nitrogens with two attached hydrogens (primary N) is 1. The van der Waals surface area contributed by atoms with Crippen LogP contribution in [0.4, 0.5) is 0 Å². The van der Waals surface area contributed by atoms with E-state index in [2.05, 4.69) is 17.0 Å². The number of unbranched alkanes of at least 4 members (excludes halogenated alkanes) is 14. The first kappa shape index (κ1) is 35.4. The van der Waals surface area contributed by atoms with Crippen molar-refractivity contribution in [2.75, 3.05) is 20.7 Å². The normalized spacial score (nSPS) is 10.9. The van der Waals surface area contributed by atoms with Crippen LogP contribution in [0.1, 0.15) is 130 Å². The number of rotatable bonds is 19. The third-order valence-electron chi connectivity index (χ3n) is 4.82. The molecule has 6 heteroatoms. The molecule has 1 atom stereocenters. The Labute approximate surface area is 199 Å². The van der Waals surface area contributed by atoms with Crippen LogP contribution in [0.3, 0.4) is 0 Å². The van der Waals surface area contributed by atoms with Crippen molar-refractivity contribution >= 4 is 11.9 Å². The molecule has 194 valence electrons. The standard InChI is InChI=1S/C18H37NO.C6H12O3.C2H7N/c1-2-3-4-5-6-7-8-9-10-11-12-13-14-15-16-17-18(19)20;1-3-4-9-6(8)5(2)7;1-3-2/h2-17H2,1H3,(H2,19,20);5,7H,3-4H2,1-2H3;3H,1-2H3. The zero-order chi connectivity index (χ0) is 24.9. The highest BCUT2D eigenvalue weighted by Crippen LogP contribution is 2.13. The molecule has 4 N–H and O–H groups in total. The van der Waals surface area contributed by atoms with Crippen molar-refractivity contribution in [2.45, 2.75) is 136 Å². The molecule has 0 saturated heterocycles. The lowest BCUT2D eigenvalue weighted by atomic mass is 10.0. The van der Waals surface area contributed by atoms with E-state index in [-0.39, 0.29) is 5.91 Å². The quantitative estimate of drug-likeness (QED) is 0.165. The number of hydrogen-bond donors (Lipinski definition) is 3. The minimum absolute atomic E-state index is 0.153. The highest BCUT2D eigenvalue weighted by atomic mass is 16.5.